The van der Waals surface area contributed by atoms with Gasteiger partial charge in [-0.15, -0.1) is 0 Å². The summed E-state index contributed by atoms with van der Waals surface area (Å²) in [5.41, 5.74) is 1.40. The van der Waals surface area contributed by atoms with Gasteiger partial charge in [0.25, 0.3) is 11.5 Å². The number of carbonyl (C=O) groups excluding carboxylic acids is 2. The third-order valence-electron chi connectivity index (χ3n) is 5.58. The molecule has 0 spiro atoms. The van der Waals surface area contributed by atoms with Crippen LogP contribution >= 0.6 is 0 Å². The number of aromatic nitrogens is 2. The molecule has 2 amide bonds. The van der Waals surface area contributed by atoms with E-state index in [2.05, 4.69) is 20.6 Å². The molecule has 0 aliphatic heterocycles. The maximum atomic E-state index is 12.3. The maximum Gasteiger partial charge on any atom is 0.260 e. The van der Waals surface area contributed by atoms with Gasteiger partial charge in [0.2, 0.25) is 5.91 Å². The molecule has 1 atom stereocenters. The van der Waals surface area contributed by atoms with Crippen molar-refractivity contribution in [2.75, 3.05) is 6.54 Å². The number of aromatic amines is 1. The van der Waals surface area contributed by atoms with E-state index in [-0.39, 0.29) is 29.0 Å². The van der Waals surface area contributed by atoms with E-state index in [4.69, 9.17) is 0 Å². The third kappa shape index (κ3) is 5.53. The normalized spacial score (nSPS) is 19.9. The number of carbonyl (C=O) groups is 2. The fourth-order valence-corrected chi connectivity index (χ4v) is 4.02. The summed E-state index contributed by atoms with van der Waals surface area (Å²) >= 11 is 0. The highest BCUT2D eigenvalue weighted by molar-refractivity contribution is 5.93. The fraction of sp³-hybridized carbons (Fsp3) is 0.455. The van der Waals surface area contributed by atoms with Gasteiger partial charge in [-0.05, 0) is 68.7 Å². The Morgan fingerprint density at radius 2 is 1.93 bits per heavy atom. The van der Waals surface area contributed by atoms with E-state index in [0.29, 0.717) is 18.4 Å². The van der Waals surface area contributed by atoms with Crippen molar-refractivity contribution in [2.45, 2.75) is 45.6 Å². The molecule has 3 rings (SSSR count). The summed E-state index contributed by atoms with van der Waals surface area (Å²) < 4.78 is 0. The number of amides is 2. The Balaban J connectivity index is 1.54. The molecule has 1 unspecified atom stereocenters. The average Bonchev–Trinajstić information content (AvgIpc) is 2.71. The molecule has 1 fully saturated rings. The van der Waals surface area contributed by atoms with Crippen LogP contribution in [0.4, 0.5) is 0 Å². The summed E-state index contributed by atoms with van der Waals surface area (Å²) in [7, 11) is 0. The van der Waals surface area contributed by atoms with Gasteiger partial charge >= 0.3 is 0 Å². The van der Waals surface area contributed by atoms with Crippen molar-refractivity contribution in [3.8, 4) is 0 Å². The van der Waals surface area contributed by atoms with Gasteiger partial charge in [-0.2, -0.15) is 0 Å². The van der Waals surface area contributed by atoms with Crippen LogP contribution in [0.25, 0.3) is 0 Å². The van der Waals surface area contributed by atoms with E-state index in [1.807, 2.05) is 18.2 Å². The number of hydrogen-bond donors (Lipinski definition) is 3. The molecule has 29 heavy (non-hydrogen) atoms. The number of H-pyrrole nitrogens is 1. The van der Waals surface area contributed by atoms with Crippen LogP contribution in [0.3, 0.4) is 0 Å². The van der Waals surface area contributed by atoms with E-state index in [1.165, 1.54) is 6.92 Å². The zero-order valence-electron chi connectivity index (χ0n) is 16.9. The number of hydrogen-bond acceptors (Lipinski definition) is 4. The fourth-order valence-electron chi connectivity index (χ4n) is 4.02. The summed E-state index contributed by atoms with van der Waals surface area (Å²) in [6.45, 7) is 3.86. The summed E-state index contributed by atoms with van der Waals surface area (Å²) in [6, 6.07) is 8.95. The predicted octanol–water partition coefficient (Wildman–Crippen LogP) is 2.49. The molecule has 2 heterocycles. The minimum atomic E-state index is -0.361. The second kappa shape index (κ2) is 9.49. The van der Waals surface area contributed by atoms with E-state index >= 15 is 0 Å². The van der Waals surface area contributed by atoms with Gasteiger partial charge in [0.1, 0.15) is 5.56 Å². The van der Waals surface area contributed by atoms with Crippen LogP contribution in [0.2, 0.25) is 0 Å². The molecule has 0 saturated heterocycles. The standard InChI is InChI=1S/C22H28N4O3/c1-14-6-11-18(22(29)25-14)21(28)24-13-16-7-9-17(10-8-16)20(26-15(2)27)19-5-3-4-12-23-19/h3-6,11-12,16-17,20H,7-10,13H2,1-2H3,(H,24,28)(H,25,29)(H,26,27). The second-order valence-corrected chi connectivity index (χ2v) is 7.81. The molecule has 3 N–H and O–H groups in total. The van der Waals surface area contributed by atoms with Crippen molar-refractivity contribution in [2.24, 2.45) is 11.8 Å². The van der Waals surface area contributed by atoms with Crippen LogP contribution in [-0.4, -0.2) is 28.3 Å². The Labute approximate surface area is 170 Å². The van der Waals surface area contributed by atoms with Crippen molar-refractivity contribution in [3.05, 3.63) is 63.8 Å². The number of nitrogens with zero attached hydrogens (tertiary/aromatic N) is 1. The Morgan fingerprint density at radius 3 is 2.55 bits per heavy atom. The summed E-state index contributed by atoms with van der Waals surface area (Å²) in [5.74, 6) is 0.290. The van der Waals surface area contributed by atoms with Gasteiger partial charge in [0.05, 0.1) is 11.7 Å². The number of aryl methyl sites for hydroxylation is 1. The highest BCUT2D eigenvalue weighted by atomic mass is 16.2. The second-order valence-electron chi connectivity index (χ2n) is 7.81. The topological polar surface area (TPSA) is 104 Å². The Bertz CT molecular complexity index is 902. The first-order valence-electron chi connectivity index (χ1n) is 10.1. The Kier molecular flexibility index (Phi) is 6.80. The first-order valence-corrected chi connectivity index (χ1v) is 10.1. The van der Waals surface area contributed by atoms with Crippen molar-refractivity contribution in [1.29, 1.82) is 0 Å². The van der Waals surface area contributed by atoms with Crippen molar-refractivity contribution in [1.82, 2.24) is 20.6 Å². The zero-order valence-corrected chi connectivity index (χ0v) is 16.9. The molecule has 154 valence electrons. The minimum Gasteiger partial charge on any atom is -0.352 e. The monoisotopic (exact) mass is 396 g/mol. The smallest absolute Gasteiger partial charge is 0.260 e. The number of nitrogens with one attached hydrogen (secondary N) is 3. The molecule has 2 aromatic rings. The molecule has 1 aliphatic rings. The van der Waals surface area contributed by atoms with Crippen LogP contribution in [0, 0.1) is 18.8 Å². The van der Waals surface area contributed by atoms with E-state index in [1.54, 1.807) is 25.3 Å². The quantitative estimate of drug-likeness (QED) is 0.698. The molecule has 7 heteroatoms. The third-order valence-corrected chi connectivity index (χ3v) is 5.58. The molecule has 2 aromatic heterocycles. The van der Waals surface area contributed by atoms with Crippen LogP contribution in [0.15, 0.2) is 41.3 Å². The largest absolute Gasteiger partial charge is 0.352 e. The van der Waals surface area contributed by atoms with Gasteiger partial charge in [0.15, 0.2) is 0 Å². The summed E-state index contributed by atoms with van der Waals surface area (Å²) in [5, 5.41) is 5.95. The van der Waals surface area contributed by atoms with Crippen LogP contribution in [0.5, 0.6) is 0 Å². The minimum absolute atomic E-state index is 0.0571. The molecule has 0 aromatic carbocycles. The van der Waals surface area contributed by atoms with E-state index in [9.17, 15) is 14.4 Å². The van der Waals surface area contributed by atoms with Crippen LogP contribution in [0.1, 0.15) is 60.4 Å². The first-order chi connectivity index (χ1) is 13.9. The van der Waals surface area contributed by atoms with Crippen molar-refractivity contribution < 1.29 is 9.59 Å². The van der Waals surface area contributed by atoms with Crippen LogP contribution in [-0.2, 0) is 4.79 Å². The zero-order chi connectivity index (χ0) is 20.8. The van der Waals surface area contributed by atoms with Gasteiger partial charge in [-0.25, -0.2) is 0 Å². The molecular weight excluding hydrogens is 368 g/mol. The molecular formula is C22H28N4O3. The van der Waals surface area contributed by atoms with E-state index < -0.39 is 0 Å². The molecule has 1 saturated carbocycles. The number of pyridine rings is 2. The highest BCUT2D eigenvalue weighted by Crippen LogP contribution is 2.36. The average molecular weight is 396 g/mol. The summed E-state index contributed by atoms with van der Waals surface area (Å²) in [6.07, 6.45) is 5.56. The lowest BCUT2D eigenvalue weighted by molar-refractivity contribution is -0.120. The molecule has 0 bridgehead atoms. The lowest BCUT2D eigenvalue weighted by Crippen LogP contribution is -2.37. The molecule has 0 radical (unpaired) electrons. The Morgan fingerprint density at radius 1 is 1.17 bits per heavy atom. The van der Waals surface area contributed by atoms with Crippen LogP contribution < -0.4 is 16.2 Å². The van der Waals surface area contributed by atoms with Gasteiger partial charge in [0, 0.05) is 25.4 Å². The number of rotatable bonds is 6. The maximum absolute atomic E-state index is 12.3. The van der Waals surface area contributed by atoms with Gasteiger partial charge in [-0.1, -0.05) is 6.07 Å². The highest BCUT2D eigenvalue weighted by Gasteiger charge is 2.30. The van der Waals surface area contributed by atoms with Crippen molar-refractivity contribution >= 4 is 11.8 Å². The Hall–Kier alpha value is -2.96. The van der Waals surface area contributed by atoms with E-state index in [0.717, 1.165) is 37.1 Å². The predicted molar refractivity (Wildman–Crippen MR) is 110 cm³/mol. The summed E-state index contributed by atoms with van der Waals surface area (Å²) in [4.78, 5) is 43.0. The molecule has 1 aliphatic carbocycles. The first kappa shape index (κ1) is 20.8. The SMILES string of the molecule is CC(=O)NC(c1ccccn1)C1CCC(CNC(=O)c2ccc(C)[nH]c2=O)CC1. The van der Waals surface area contributed by atoms with Crippen molar-refractivity contribution in [3.63, 3.8) is 0 Å². The van der Waals surface area contributed by atoms with Gasteiger partial charge < -0.3 is 15.6 Å². The lowest BCUT2D eigenvalue weighted by Gasteiger charge is -2.34. The molecule has 7 nitrogen and oxygen atoms in total. The van der Waals surface area contributed by atoms with Gasteiger partial charge in [-0.3, -0.25) is 19.4 Å². The lowest BCUT2D eigenvalue weighted by atomic mass is 9.77.